The van der Waals surface area contributed by atoms with Crippen LogP contribution < -0.4 is 10.6 Å². The summed E-state index contributed by atoms with van der Waals surface area (Å²) in [5.41, 5.74) is 4.20. The molecule has 2 N–H and O–H groups in total. The predicted octanol–water partition coefficient (Wildman–Crippen LogP) is 3.38. The van der Waals surface area contributed by atoms with E-state index in [1.54, 1.807) is 30.1 Å². The Morgan fingerprint density at radius 3 is 2.40 bits per heavy atom. The van der Waals surface area contributed by atoms with Crippen molar-refractivity contribution in [1.82, 2.24) is 25.0 Å². The third-order valence-electron chi connectivity index (χ3n) is 4.61. The molecule has 0 fully saturated rings. The van der Waals surface area contributed by atoms with E-state index in [0.29, 0.717) is 5.82 Å². The first-order chi connectivity index (χ1) is 14.6. The molecule has 8 heteroatoms. The Morgan fingerprint density at radius 2 is 1.77 bits per heavy atom. The van der Waals surface area contributed by atoms with Gasteiger partial charge in [0.25, 0.3) is 0 Å². The Labute approximate surface area is 174 Å². The third-order valence-corrected chi connectivity index (χ3v) is 4.61. The Hall–Kier alpha value is -4.07. The first-order valence-corrected chi connectivity index (χ1v) is 9.51. The summed E-state index contributed by atoms with van der Waals surface area (Å²) >= 11 is 0. The molecule has 0 radical (unpaired) electrons. The molecule has 0 aliphatic rings. The van der Waals surface area contributed by atoms with Crippen LogP contribution in [0.1, 0.15) is 6.92 Å². The number of pyridine rings is 1. The number of anilines is 2. The molecule has 8 nitrogen and oxygen atoms in total. The van der Waals surface area contributed by atoms with Crippen molar-refractivity contribution in [3.8, 4) is 22.6 Å². The number of nitrogens with zero attached hydrogens (tertiary/aromatic N) is 5. The molecular weight excluding hydrogens is 378 g/mol. The number of hydrogen-bond acceptors (Lipinski definition) is 6. The lowest BCUT2D eigenvalue weighted by atomic mass is 10.1. The van der Waals surface area contributed by atoms with Crippen LogP contribution in [0, 0.1) is 0 Å². The standard InChI is InChI=1S/C22H21N7O/c1-15(25-17-8-9-19(23-14-17)20-12-13-24-29(20)2)22(30)26-21-11-10-18(27-28-21)16-6-4-3-5-7-16/h3-15,25H,1-2H3,(H,26,28,30)/t15-/m0/s1. The molecule has 1 atom stereocenters. The number of nitrogens with one attached hydrogen (secondary N) is 2. The minimum Gasteiger partial charge on any atom is -0.373 e. The third kappa shape index (κ3) is 4.33. The summed E-state index contributed by atoms with van der Waals surface area (Å²) in [4.78, 5) is 16.9. The lowest BCUT2D eigenvalue weighted by Gasteiger charge is -2.15. The molecule has 1 aromatic carbocycles. The van der Waals surface area contributed by atoms with Gasteiger partial charge in [-0.3, -0.25) is 14.5 Å². The van der Waals surface area contributed by atoms with E-state index >= 15 is 0 Å². The number of carbonyl (C=O) groups is 1. The van der Waals surface area contributed by atoms with Gasteiger partial charge in [-0.05, 0) is 37.3 Å². The van der Waals surface area contributed by atoms with E-state index in [-0.39, 0.29) is 5.91 Å². The van der Waals surface area contributed by atoms with Crippen LogP contribution in [0.3, 0.4) is 0 Å². The largest absolute Gasteiger partial charge is 0.373 e. The minimum atomic E-state index is -0.482. The van der Waals surface area contributed by atoms with Crippen molar-refractivity contribution in [2.24, 2.45) is 7.05 Å². The number of hydrogen-bond donors (Lipinski definition) is 2. The number of aromatic nitrogens is 5. The molecule has 0 spiro atoms. The Bertz CT molecular complexity index is 1120. The van der Waals surface area contributed by atoms with E-state index in [9.17, 15) is 4.79 Å². The zero-order valence-corrected chi connectivity index (χ0v) is 16.6. The molecule has 0 saturated heterocycles. The van der Waals surface area contributed by atoms with Crippen LogP contribution in [-0.2, 0) is 11.8 Å². The summed E-state index contributed by atoms with van der Waals surface area (Å²) in [7, 11) is 1.87. The maximum absolute atomic E-state index is 12.5. The highest BCUT2D eigenvalue weighted by Gasteiger charge is 2.14. The molecule has 1 amide bonds. The van der Waals surface area contributed by atoms with Crippen LogP contribution in [0.4, 0.5) is 11.5 Å². The predicted molar refractivity (Wildman–Crippen MR) is 116 cm³/mol. The maximum Gasteiger partial charge on any atom is 0.247 e. The first-order valence-electron chi connectivity index (χ1n) is 9.51. The molecule has 30 heavy (non-hydrogen) atoms. The molecule has 0 unspecified atom stereocenters. The molecule has 4 aromatic rings. The van der Waals surface area contributed by atoms with Crippen LogP contribution >= 0.6 is 0 Å². The number of benzene rings is 1. The molecule has 150 valence electrons. The number of rotatable bonds is 6. The summed E-state index contributed by atoms with van der Waals surface area (Å²) in [5.74, 6) is 0.186. The zero-order chi connectivity index (χ0) is 20.9. The summed E-state index contributed by atoms with van der Waals surface area (Å²) in [6, 6.07) is 18.5. The monoisotopic (exact) mass is 399 g/mol. The van der Waals surface area contributed by atoms with Gasteiger partial charge in [0, 0.05) is 18.8 Å². The van der Waals surface area contributed by atoms with Crippen molar-refractivity contribution < 1.29 is 4.79 Å². The van der Waals surface area contributed by atoms with Gasteiger partial charge in [-0.15, -0.1) is 10.2 Å². The minimum absolute atomic E-state index is 0.215. The summed E-state index contributed by atoms with van der Waals surface area (Å²) in [6.07, 6.45) is 3.42. The fourth-order valence-corrected chi connectivity index (χ4v) is 2.97. The second kappa shape index (κ2) is 8.52. The molecule has 4 rings (SSSR count). The molecule has 0 bridgehead atoms. The smallest absolute Gasteiger partial charge is 0.247 e. The molecular formula is C22H21N7O. The normalized spacial score (nSPS) is 11.7. The van der Waals surface area contributed by atoms with Crippen molar-refractivity contribution in [2.45, 2.75) is 13.0 Å². The lowest BCUT2D eigenvalue weighted by molar-refractivity contribution is -0.116. The van der Waals surface area contributed by atoms with Crippen LogP contribution in [0.15, 0.2) is 73.1 Å². The Balaban J connectivity index is 1.36. The summed E-state index contributed by atoms with van der Waals surface area (Å²) in [5, 5.41) is 18.3. The second-order valence-corrected chi connectivity index (χ2v) is 6.80. The lowest BCUT2D eigenvalue weighted by Crippen LogP contribution is -2.32. The van der Waals surface area contributed by atoms with Gasteiger partial charge in [0.1, 0.15) is 6.04 Å². The average molecular weight is 399 g/mol. The van der Waals surface area contributed by atoms with E-state index in [1.165, 1.54) is 0 Å². The molecule has 0 saturated carbocycles. The average Bonchev–Trinajstić information content (AvgIpc) is 3.21. The van der Waals surface area contributed by atoms with Crippen molar-refractivity contribution in [3.05, 3.63) is 73.1 Å². The van der Waals surface area contributed by atoms with Crippen LogP contribution in [0.5, 0.6) is 0 Å². The van der Waals surface area contributed by atoms with Gasteiger partial charge in [-0.25, -0.2) is 0 Å². The fraction of sp³-hybridized carbons (Fsp3) is 0.136. The van der Waals surface area contributed by atoms with Crippen LogP contribution in [0.2, 0.25) is 0 Å². The van der Waals surface area contributed by atoms with Gasteiger partial charge in [-0.2, -0.15) is 5.10 Å². The highest BCUT2D eigenvalue weighted by Crippen LogP contribution is 2.18. The van der Waals surface area contributed by atoms with Gasteiger partial charge < -0.3 is 10.6 Å². The van der Waals surface area contributed by atoms with E-state index in [4.69, 9.17) is 0 Å². The van der Waals surface area contributed by atoms with Gasteiger partial charge in [-0.1, -0.05) is 30.3 Å². The van der Waals surface area contributed by atoms with Crippen molar-refractivity contribution in [3.63, 3.8) is 0 Å². The zero-order valence-electron chi connectivity index (χ0n) is 16.6. The van der Waals surface area contributed by atoms with Gasteiger partial charge in [0.15, 0.2) is 5.82 Å². The van der Waals surface area contributed by atoms with Crippen LogP contribution in [-0.4, -0.2) is 36.9 Å². The maximum atomic E-state index is 12.5. The van der Waals surface area contributed by atoms with Crippen LogP contribution in [0.25, 0.3) is 22.6 Å². The van der Waals surface area contributed by atoms with E-state index in [0.717, 1.165) is 28.3 Å². The van der Waals surface area contributed by atoms with E-state index in [1.807, 2.05) is 61.6 Å². The SMILES string of the molecule is C[C@H](Nc1ccc(-c2ccnn2C)nc1)C(=O)Nc1ccc(-c2ccccc2)nn1. The van der Waals surface area contributed by atoms with Gasteiger partial charge >= 0.3 is 0 Å². The highest BCUT2D eigenvalue weighted by molar-refractivity contribution is 5.95. The molecule has 0 aliphatic carbocycles. The molecule has 3 heterocycles. The van der Waals surface area contributed by atoms with Gasteiger partial charge in [0.2, 0.25) is 5.91 Å². The fourth-order valence-electron chi connectivity index (χ4n) is 2.97. The number of aryl methyl sites for hydroxylation is 1. The second-order valence-electron chi connectivity index (χ2n) is 6.80. The Morgan fingerprint density at radius 1 is 0.967 bits per heavy atom. The summed E-state index contributed by atoms with van der Waals surface area (Å²) in [6.45, 7) is 1.77. The van der Waals surface area contributed by atoms with E-state index in [2.05, 4.69) is 30.9 Å². The molecule has 3 aromatic heterocycles. The quantitative estimate of drug-likeness (QED) is 0.516. The summed E-state index contributed by atoms with van der Waals surface area (Å²) < 4.78 is 1.76. The van der Waals surface area contributed by atoms with Crippen molar-refractivity contribution >= 4 is 17.4 Å². The Kier molecular flexibility index (Phi) is 5.47. The van der Waals surface area contributed by atoms with Crippen molar-refractivity contribution in [1.29, 1.82) is 0 Å². The molecule has 0 aliphatic heterocycles. The number of amides is 1. The first kappa shape index (κ1) is 19.3. The topological polar surface area (TPSA) is 97.6 Å². The van der Waals surface area contributed by atoms with E-state index < -0.39 is 6.04 Å². The highest BCUT2D eigenvalue weighted by atomic mass is 16.2. The van der Waals surface area contributed by atoms with Crippen molar-refractivity contribution in [2.75, 3.05) is 10.6 Å². The van der Waals surface area contributed by atoms with Gasteiger partial charge in [0.05, 0.1) is 29.0 Å². The number of carbonyl (C=O) groups excluding carboxylic acids is 1.